The quantitative estimate of drug-likeness (QED) is 0.761. The maximum atomic E-state index is 11.1. The summed E-state index contributed by atoms with van der Waals surface area (Å²) < 4.78 is 0. The van der Waals surface area contributed by atoms with Crippen LogP contribution in [0.25, 0.3) is 0 Å². The highest BCUT2D eigenvalue weighted by Crippen LogP contribution is 2.11. The number of anilines is 1. The van der Waals surface area contributed by atoms with E-state index in [9.17, 15) is 4.79 Å². The van der Waals surface area contributed by atoms with Gasteiger partial charge >= 0.3 is 0 Å². The zero-order chi connectivity index (χ0) is 9.68. The Morgan fingerprint density at radius 1 is 1.69 bits per heavy atom. The normalized spacial score (nSPS) is 9.69. The Morgan fingerprint density at radius 3 is 3.08 bits per heavy atom. The van der Waals surface area contributed by atoms with E-state index in [1.165, 1.54) is 6.20 Å². The van der Waals surface area contributed by atoms with E-state index in [2.05, 4.69) is 15.6 Å². The number of rotatable bonds is 3. The first-order valence-electron chi connectivity index (χ1n) is 3.78. The fourth-order valence-corrected chi connectivity index (χ4v) is 0.980. The van der Waals surface area contributed by atoms with Crippen molar-refractivity contribution in [1.29, 1.82) is 0 Å². The molecule has 0 saturated heterocycles. The molecule has 1 rings (SSSR count). The Balaban J connectivity index is 2.58. The predicted octanol–water partition coefficient (Wildman–Crippen LogP) is 0.893. The molecule has 0 bridgehead atoms. The molecular formula is C8H10ClN3O. The van der Waals surface area contributed by atoms with Crippen LogP contribution in [0.1, 0.15) is 0 Å². The Hall–Kier alpha value is -1.13. The Bertz CT molecular complexity index is 303. The largest absolute Gasteiger partial charge is 0.311 e. The molecule has 0 spiro atoms. The van der Waals surface area contributed by atoms with Gasteiger partial charge in [-0.1, -0.05) is 11.6 Å². The van der Waals surface area contributed by atoms with Crippen LogP contribution in [0, 0.1) is 0 Å². The summed E-state index contributed by atoms with van der Waals surface area (Å²) in [6.45, 7) is 0.258. The van der Waals surface area contributed by atoms with Crippen molar-refractivity contribution < 1.29 is 4.79 Å². The molecule has 0 saturated carbocycles. The average Bonchev–Trinajstić information content (AvgIpc) is 2.04. The van der Waals surface area contributed by atoms with E-state index in [0.717, 1.165) is 0 Å². The minimum atomic E-state index is -0.141. The van der Waals surface area contributed by atoms with Gasteiger partial charge in [-0.25, -0.2) is 4.98 Å². The van der Waals surface area contributed by atoms with Crippen LogP contribution in [-0.4, -0.2) is 24.5 Å². The van der Waals surface area contributed by atoms with Crippen molar-refractivity contribution >= 4 is 23.3 Å². The summed E-state index contributed by atoms with van der Waals surface area (Å²) in [6.07, 6.45) is 1.54. The predicted molar refractivity (Wildman–Crippen MR) is 51.8 cm³/mol. The lowest BCUT2D eigenvalue weighted by Crippen LogP contribution is -2.25. The summed E-state index contributed by atoms with van der Waals surface area (Å²) in [5, 5.41) is 5.87. The molecule has 1 heterocycles. The summed E-state index contributed by atoms with van der Waals surface area (Å²) in [4.78, 5) is 15.0. The standard InChI is InChI=1S/C8H10ClN3O/c1-10-5-8(13)12-7-4-6(9)2-3-11-7/h2-4,10H,5H2,1H3,(H,11,12,13). The second-order valence-corrected chi connectivity index (χ2v) is 2.87. The molecule has 1 aromatic rings. The smallest absolute Gasteiger partial charge is 0.239 e. The second kappa shape index (κ2) is 4.79. The van der Waals surface area contributed by atoms with Crippen LogP contribution < -0.4 is 10.6 Å². The van der Waals surface area contributed by atoms with Gasteiger partial charge in [-0.2, -0.15) is 0 Å². The van der Waals surface area contributed by atoms with Gasteiger partial charge in [-0.15, -0.1) is 0 Å². The number of carbonyl (C=O) groups is 1. The molecule has 4 nitrogen and oxygen atoms in total. The summed E-state index contributed by atoms with van der Waals surface area (Å²) in [6, 6.07) is 3.24. The summed E-state index contributed by atoms with van der Waals surface area (Å²) in [5.41, 5.74) is 0. The minimum Gasteiger partial charge on any atom is -0.311 e. The number of hydrogen-bond acceptors (Lipinski definition) is 3. The number of aromatic nitrogens is 1. The molecule has 2 N–H and O–H groups in total. The maximum absolute atomic E-state index is 11.1. The van der Waals surface area contributed by atoms with Crippen LogP contribution in [0.5, 0.6) is 0 Å². The van der Waals surface area contributed by atoms with Crippen molar-refractivity contribution in [2.24, 2.45) is 0 Å². The zero-order valence-corrected chi connectivity index (χ0v) is 7.93. The van der Waals surface area contributed by atoms with Crippen LogP contribution in [0.15, 0.2) is 18.3 Å². The van der Waals surface area contributed by atoms with Gasteiger partial charge in [0.15, 0.2) is 0 Å². The van der Waals surface area contributed by atoms with E-state index in [1.807, 2.05) is 0 Å². The van der Waals surface area contributed by atoms with Gasteiger partial charge in [-0.05, 0) is 19.2 Å². The first kappa shape index (κ1) is 9.95. The van der Waals surface area contributed by atoms with Gasteiger partial charge in [0.05, 0.1) is 6.54 Å². The third kappa shape index (κ3) is 3.40. The molecule has 70 valence electrons. The van der Waals surface area contributed by atoms with Crippen LogP contribution in [0.3, 0.4) is 0 Å². The highest BCUT2D eigenvalue weighted by atomic mass is 35.5. The SMILES string of the molecule is CNCC(=O)Nc1cc(Cl)ccn1. The van der Waals surface area contributed by atoms with E-state index < -0.39 is 0 Å². The lowest BCUT2D eigenvalue weighted by Gasteiger charge is -2.02. The van der Waals surface area contributed by atoms with Crippen molar-refractivity contribution in [2.75, 3.05) is 18.9 Å². The van der Waals surface area contributed by atoms with Crippen molar-refractivity contribution in [3.8, 4) is 0 Å². The van der Waals surface area contributed by atoms with Gasteiger partial charge < -0.3 is 10.6 Å². The molecule has 0 radical (unpaired) electrons. The van der Waals surface area contributed by atoms with Crippen LogP contribution in [0.2, 0.25) is 5.02 Å². The van der Waals surface area contributed by atoms with Gasteiger partial charge in [0.1, 0.15) is 5.82 Å². The lowest BCUT2D eigenvalue weighted by atomic mass is 10.4. The first-order valence-corrected chi connectivity index (χ1v) is 4.16. The molecule has 0 aliphatic heterocycles. The summed E-state index contributed by atoms with van der Waals surface area (Å²) >= 11 is 5.70. The third-order valence-electron chi connectivity index (χ3n) is 1.33. The number of carbonyl (C=O) groups excluding carboxylic acids is 1. The average molecular weight is 200 g/mol. The van der Waals surface area contributed by atoms with E-state index in [1.54, 1.807) is 19.2 Å². The van der Waals surface area contributed by atoms with Gasteiger partial charge in [0.25, 0.3) is 0 Å². The molecule has 0 aliphatic rings. The number of halogens is 1. The second-order valence-electron chi connectivity index (χ2n) is 2.44. The van der Waals surface area contributed by atoms with Crippen molar-refractivity contribution in [2.45, 2.75) is 0 Å². The third-order valence-corrected chi connectivity index (χ3v) is 1.56. The summed E-state index contributed by atoms with van der Waals surface area (Å²) in [5.74, 6) is 0.324. The highest BCUT2D eigenvalue weighted by molar-refractivity contribution is 6.30. The molecule has 1 aromatic heterocycles. The first-order chi connectivity index (χ1) is 6.22. The van der Waals surface area contributed by atoms with Gasteiger partial charge in [0.2, 0.25) is 5.91 Å². The Labute approximate surface area is 81.3 Å². The Morgan fingerprint density at radius 2 is 2.46 bits per heavy atom. The van der Waals surface area contributed by atoms with Gasteiger partial charge in [0, 0.05) is 11.2 Å². The lowest BCUT2D eigenvalue weighted by molar-refractivity contribution is -0.115. The number of hydrogen-bond donors (Lipinski definition) is 2. The monoisotopic (exact) mass is 199 g/mol. The molecular weight excluding hydrogens is 190 g/mol. The number of likely N-dealkylation sites (N-methyl/N-ethyl adjacent to an activating group) is 1. The molecule has 0 unspecified atom stereocenters. The Kier molecular flexibility index (Phi) is 3.67. The molecule has 1 amide bonds. The fourth-order valence-electron chi connectivity index (χ4n) is 0.821. The zero-order valence-electron chi connectivity index (χ0n) is 7.17. The van der Waals surface area contributed by atoms with Crippen molar-refractivity contribution in [1.82, 2.24) is 10.3 Å². The highest BCUT2D eigenvalue weighted by Gasteiger charge is 2.00. The molecule has 5 heteroatoms. The van der Waals surface area contributed by atoms with Crippen LogP contribution in [-0.2, 0) is 4.79 Å². The van der Waals surface area contributed by atoms with Crippen molar-refractivity contribution in [3.05, 3.63) is 23.4 Å². The molecule has 0 aliphatic carbocycles. The van der Waals surface area contributed by atoms with Gasteiger partial charge in [-0.3, -0.25) is 4.79 Å². The van der Waals surface area contributed by atoms with E-state index in [-0.39, 0.29) is 12.5 Å². The number of nitrogens with zero attached hydrogens (tertiary/aromatic N) is 1. The molecule has 0 fully saturated rings. The number of amides is 1. The number of pyridine rings is 1. The molecule has 0 atom stereocenters. The molecule has 13 heavy (non-hydrogen) atoms. The topological polar surface area (TPSA) is 54.0 Å². The van der Waals surface area contributed by atoms with E-state index in [4.69, 9.17) is 11.6 Å². The minimum absolute atomic E-state index is 0.141. The van der Waals surface area contributed by atoms with Crippen LogP contribution >= 0.6 is 11.6 Å². The van der Waals surface area contributed by atoms with Crippen LogP contribution in [0.4, 0.5) is 5.82 Å². The van der Waals surface area contributed by atoms with E-state index in [0.29, 0.717) is 10.8 Å². The van der Waals surface area contributed by atoms with E-state index >= 15 is 0 Å². The fraction of sp³-hybridized carbons (Fsp3) is 0.250. The summed E-state index contributed by atoms with van der Waals surface area (Å²) in [7, 11) is 1.70. The van der Waals surface area contributed by atoms with Crippen molar-refractivity contribution in [3.63, 3.8) is 0 Å². The molecule has 0 aromatic carbocycles. The number of nitrogens with one attached hydrogen (secondary N) is 2. The maximum Gasteiger partial charge on any atom is 0.239 e.